The van der Waals surface area contributed by atoms with Gasteiger partial charge in [-0.3, -0.25) is 0 Å². The Morgan fingerprint density at radius 3 is 2.74 bits per heavy atom. The van der Waals surface area contributed by atoms with E-state index in [1.807, 2.05) is 43.5 Å². The van der Waals surface area contributed by atoms with E-state index in [0.29, 0.717) is 19.8 Å². The highest BCUT2D eigenvalue weighted by Crippen LogP contribution is 2.16. The molecule has 2 rings (SSSR count). The maximum Gasteiger partial charge on any atom is 0.135 e. The van der Waals surface area contributed by atoms with Gasteiger partial charge in [0, 0.05) is 24.6 Å². The van der Waals surface area contributed by atoms with E-state index < -0.39 is 0 Å². The predicted octanol–water partition coefficient (Wildman–Crippen LogP) is 3.44. The van der Waals surface area contributed by atoms with Gasteiger partial charge in [-0.1, -0.05) is 30.0 Å². The van der Waals surface area contributed by atoms with Crippen molar-refractivity contribution >= 4 is 0 Å². The lowest BCUT2D eigenvalue weighted by molar-refractivity contribution is 0.0515. The highest BCUT2D eigenvalue weighted by atomic mass is 16.5. The molecule has 0 amide bonds. The Kier molecular flexibility index (Phi) is 6.86. The maximum absolute atomic E-state index is 5.85. The molecule has 0 aliphatic heterocycles. The van der Waals surface area contributed by atoms with Crippen LogP contribution in [0.15, 0.2) is 42.7 Å². The lowest BCUT2D eigenvalue weighted by atomic mass is 10.2. The Morgan fingerprint density at radius 1 is 1.22 bits per heavy atom. The summed E-state index contributed by atoms with van der Waals surface area (Å²) in [5, 5.41) is 0. The summed E-state index contributed by atoms with van der Waals surface area (Å²) < 4.78 is 13.4. The molecular formula is C19H24N2O2. The minimum absolute atomic E-state index is 0.0367. The van der Waals surface area contributed by atoms with Crippen molar-refractivity contribution in [2.75, 3.05) is 13.2 Å². The number of ether oxygens (including phenoxy) is 2. The average molecular weight is 312 g/mol. The zero-order valence-corrected chi connectivity index (χ0v) is 14.0. The van der Waals surface area contributed by atoms with E-state index in [0.717, 1.165) is 11.4 Å². The lowest BCUT2D eigenvalue weighted by Gasteiger charge is -2.22. The second-order valence-electron chi connectivity index (χ2n) is 5.31. The third-order valence-electron chi connectivity index (χ3n) is 3.73. The van der Waals surface area contributed by atoms with E-state index in [-0.39, 0.29) is 12.1 Å². The van der Waals surface area contributed by atoms with E-state index in [4.69, 9.17) is 9.47 Å². The van der Waals surface area contributed by atoms with Gasteiger partial charge in [0.1, 0.15) is 19.0 Å². The van der Waals surface area contributed by atoms with Gasteiger partial charge < -0.3 is 14.0 Å². The average Bonchev–Trinajstić information content (AvgIpc) is 3.05. The molecule has 122 valence electrons. The van der Waals surface area contributed by atoms with Crippen molar-refractivity contribution in [3.05, 3.63) is 54.1 Å². The Bertz CT molecular complexity index is 640. The molecular weight excluding hydrogens is 288 g/mol. The van der Waals surface area contributed by atoms with Crippen molar-refractivity contribution in [2.24, 2.45) is 0 Å². The second kappa shape index (κ2) is 9.14. The Balaban J connectivity index is 1.87. The van der Waals surface area contributed by atoms with E-state index >= 15 is 0 Å². The topological polar surface area (TPSA) is 36.3 Å². The van der Waals surface area contributed by atoms with Crippen LogP contribution >= 0.6 is 0 Å². The van der Waals surface area contributed by atoms with Gasteiger partial charge in [-0.15, -0.1) is 0 Å². The first-order valence-corrected chi connectivity index (χ1v) is 7.97. The van der Waals surface area contributed by atoms with Gasteiger partial charge in [-0.2, -0.15) is 0 Å². The first kappa shape index (κ1) is 17.3. The zero-order valence-electron chi connectivity index (χ0n) is 14.0. The largest absolute Gasteiger partial charge is 0.374 e. The minimum atomic E-state index is 0.0367. The zero-order chi connectivity index (χ0) is 16.5. The molecule has 0 spiro atoms. The van der Waals surface area contributed by atoms with Gasteiger partial charge >= 0.3 is 0 Å². The second-order valence-corrected chi connectivity index (χ2v) is 5.31. The quantitative estimate of drug-likeness (QED) is 0.735. The van der Waals surface area contributed by atoms with E-state index in [9.17, 15) is 0 Å². The molecule has 1 aromatic heterocycles. The molecule has 0 saturated heterocycles. The van der Waals surface area contributed by atoms with Crippen LogP contribution in [0.25, 0.3) is 0 Å². The molecule has 0 saturated carbocycles. The SMILES string of the molecule is CCOCc1nccn1C(C)C(C)OCC#Cc1ccccc1. The van der Waals surface area contributed by atoms with Crippen LogP contribution in [0.2, 0.25) is 0 Å². The van der Waals surface area contributed by atoms with Crippen LogP contribution in [-0.4, -0.2) is 28.9 Å². The van der Waals surface area contributed by atoms with Crippen LogP contribution < -0.4 is 0 Å². The number of hydrogen-bond donors (Lipinski definition) is 0. The molecule has 2 aromatic rings. The summed E-state index contributed by atoms with van der Waals surface area (Å²) in [6, 6.07) is 10.1. The molecule has 2 atom stereocenters. The number of benzene rings is 1. The fraction of sp³-hybridized carbons (Fsp3) is 0.421. The number of aromatic nitrogens is 2. The number of nitrogens with zero attached hydrogens (tertiary/aromatic N) is 2. The van der Waals surface area contributed by atoms with Crippen LogP contribution in [0.1, 0.15) is 38.2 Å². The summed E-state index contributed by atoms with van der Waals surface area (Å²) in [7, 11) is 0. The van der Waals surface area contributed by atoms with Crippen molar-refractivity contribution in [1.82, 2.24) is 9.55 Å². The standard InChI is InChI=1S/C19H24N2O2/c1-4-22-15-19-20-12-13-21(19)16(2)17(3)23-14-8-11-18-9-6-5-7-10-18/h5-7,9-10,12-13,16-17H,4,14-15H2,1-3H3. The summed E-state index contributed by atoms with van der Waals surface area (Å²) in [4.78, 5) is 4.35. The molecule has 1 heterocycles. The maximum atomic E-state index is 5.85. The normalized spacial score (nSPS) is 13.2. The summed E-state index contributed by atoms with van der Waals surface area (Å²) in [6.45, 7) is 7.77. The third kappa shape index (κ3) is 5.24. The van der Waals surface area contributed by atoms with Gasteiger partial charge in [0.2, 0.25) is 0 Å². The Hall–Kier alpha value is -2.09. The Morgan fingerprint density at radius 2 is 2.00 bits per heavy atom. The first-order chi connectivity index (χ1) is 11.2. The van der Waals surface area contributed by atoms with Gasteiger partial charge in [-0.25, -0.2) is 4.98 Å². The third-order valence-corrected chi connectivity index (χ3v) is 3.73. The fourth-order valence-electron chi connectivity index (χ4n) is 2.22. The number of rotatable bonds is 7. The number of imidazole rings is 1. The van der Waals surface area contributed by atoms with Crippen molar-refractivity contribution < 1.29 is 9.47 Å². The summed E-state index contributed by atoms with van der Waals surface area (Å²) in [5.74, 6) is 7.08. The molecule has 0 aliphatic rings. The molecule has 1 aromatic carbocycles. The molecule has 23 heavy (non-hydrogen) atoms. The molecule has 0 radical (unpaired) electrons. The van der Waals surface area contributed by atoms with E-state index in [2.05, 4.69) is 35.2 Å². The van der Waals surface area contributed by atoms with Gasteiger partial charge in [-0.05, 0) is 32.9 Å². The summed E-state index contributed by atoms with van der Waals surface area (Å²) in [6.07, 6.45) is 3.80. The minimum Gasteiger partial charge on any atom is -0.374 e. The lowest BCUT2D eigenvalue weighted by Crippen LogP contribution is -2.23. The van der Waals surface area contributed by atoms with Crippen LogP contribution in [0.5, 0.6) is 0 Å². The highest BCUT2D eigenvalue weighted by Gasteiger charge is 2.17. The molecule has 0 fully saturated rings. The van der Waals surface area contributed by atoms with Gasteiger partial charge in [0.25, 0.3) is 0 Å². The highest BCUT2D eigenvalue weighted by molar-refractivity contribution is 5.33. The number of hydrogen-bond acceptors (Lipinski definition) is 3. The monoisotopic (exact) mass is 312 g/mol. The predicted molar refractivity (Wildman–Crippen MR) is 91.0 cm³/mol. The van der Waals surface area contributed by atoms with Crippen LogP contribution in [0, 0.1) is 11.8 Å². The van der Waals surface area contributed by atoms with Gasteiger partial charge in [0.05, 0.1) is 12.1 Å². The smallest absolute Gasteiger partial charge is 0.135 e. The van der Waals surface area contributed by atoms with Crippen LogP contribution in [0.3, 0.4) is 0 Å². The van der Waals surface area contributed by atoms with Crippen molar-refractivity contribution in [1.29, 1.82) is 0 Å². The van der Waals surface area contributed by atoms with Crippen molar-refractivity contribution in [2.45, 2.75) is 39.5 Å². The van der Waals surface area contributed by atoms with E-state index in [1.165, 1.54) is 0 Å². The summed E-state index contributed by atoms with van der Waals surface area (Å²) in [5.41, 5.74) is 1.01. The molecule has 4 nitrogen and oxygen atoms in total. The fourth-order valence-corrected chi connectivity index (χ4v) is 2.22. The van der Waals surface area contributed by atoms with Crippen molar-refractivity contribution in [3.63, 3.8) is 0 Å². The molecule has 0 aliphatic carbocycles. The molecule has 0 N–H and O–H groups in total. The van der Waals surface area contributed by atoms with Crippen molar-refractivity contribution in [3.8, 4) is 11.8 Å². The summed E-state index contributed by atoms with van der Waals surface area (Å²) >= 11 is 0. The molecule has 0 bridgehead atoms. The molecule has 4 heteroatoms. The Labute approximate surface area is 138 Å². The van der Waals surface area contributed by atoms with Crippen LogP contribution in [-0.2, 0) is 16.1 Å². The van der Waals surface area contributed by atoms with E-state index in [1.54, 1.807) is 6.20 Å². The van der Waals surface area contributed by atoms with Crippen LogP contribution in [0.4, 0.5) is 0 Å². The molecule has 2 unspecified atom stereocenters. The first-order valence-electron chi connectivity index (χ1n) is 7.97. The van der Waals surface area contributed by atoms with Gasteiger partial charge in [0.15, 0.2) is 0 Å².